The quantitative estimate of drug-likeness (QED) is 0.712. The van der Waals surface area contributed by atoms with Crippen LogP contribution in [0.1, 0.15) is 37.4 Å². The van der Waals surface area contributed by atoms with Gasteiger partial charge in [-0.25, -0.2) is 9.59 Å². The van der Waals surface area contributed by atoms with Crippen molar-refractivity contribution >= 4 is 22.1 Å². The lowest BCUT2D eigenvalue weighted by Gasteiger charge is -2.05. The van der Waals surface area contributed by atoms with Crippen molar-refractivity contribution in [1.82, 2.24) is 0 Å². The summed E-state index contributed by atoms with van der Waals surface area (Å²) in [5.74, 6) is -2.24. The number of carboxylic acid groups (broad SMARTS) is 2. The zero-order valence-electron chi connectivity index (χ0n) is 13.8. The van der Waals surface area contributed by atoms with Gasteiger partial charge in [-0.3, -0.25) is 4.55 Å². The molecule has 0 bridgehead atoms. The lowest BCUT2D eigenvalue weighted by atomic mass is 10.1. The number of hydrogen-bond donors (Lipinski definition) is 3. The molecule has 0 amide bonds. The summed E-state index contributed by atoms with van der Waals surface area (Å²) in [6.07, 6.45) is 0. The van der Waals surface area contributed by atoms with Crippen molar-refractivity contribution in [2.75, 3.05) is 0 Å². The van der Waals surface area contributed by atoms with E-state index in [1.54, 1.807) is 19.1 Å². The molecule has 0 aliphatic carbocycles. The van der Waals surface area contributed by atoms with E-state index in [1.165, 1.54) is 19.1 Å². The smallest absolute Gasteiger partial charge is 0.337 e. The van der Waals surface area contributed by atoms with Gasteiger partial charge in [0.2, 0.25) is 0 Å². The van der Waals surface area contributed by atoms with Crippen LogP contribution in [0.5, 0.6) is 0 Å². The molecule has 0 fully saturated rings. The second kappa shape index (κ2) is 7.91. The molecule has 134 valence electrons. The molecule has 0 saturated carbocycles. The van der Waals surface area contributed by atoms with Crippen LogP contribution < -0.4 is 0 Å². The predicted octanol–water partition coefficient (Wildman–Crippen LogP) is 2.94. The van der Waals surface area contributed by atoms with E-state index in [2.05, 4.69) is 0 Å². The minimum atomic E-state index is -4.48. The van der Waals surface area contributed by atoms with E-state index in [4.69, 9.17) is 14.8 Å². The average Bonchev–Trinajstić information content (AvgIpc) is 2.45. The monoisotopic (exact) mass is 366 g/mol. The molecule has 0 radical (unpaired) electrons. The minimum Gasteiger partial charge on any atom is -0.478 e. The second-order valence-electron chi connectivity index (χ2n) is 5.35. The van der Waals surface area contributed by atoms with E-state index in [9.17, 15) is 18.0 Å². The van der Waals surface area contributed by atoms with Crippen molar-refractivity contribution in [2.45, 2.75) is 25.7 Å². The van der Waals surface area contributed by atoms with E-state index in [-0.39, 0.29) is 5.56 Å². The first-order chi connectivity index (χ1) is 11.4. The van der Waals surface area contributed by atoms with E-state index in [1.807, 2.05) is 13.0 Å². The minimum absolute atomic E-state index is 0.285. The van der Waals surface area contributed by atoms with Gasteiger partial charge in [0.05, 0.1) is 11.1 Å². The highest BCUT2D eigenvalue weighted by atomic mass is 32.2. The Bertz CT molecular complexity index is 915. The Morgan fingerprint density at radius 1 is 0.880 bits per heavy atom. The first-order valence-corrected chi connectivity index (χ1v) is 8.50. The Labute approximate surface area is 145 Å². The Hall–Kier alpha value is -2.71. The summed E-state index contributed by atoms with van der Waals surface area (Å²) in [6, 6.07) is 9.17. The van der Waals surface area contributed by atoms with Gasteiger partial charge in [-0.15, -0.1) is 0 Å². The largest absolute Gasteiger partial charge is 0.478 e. The predicted molar refractivity (Wildman–Crippen MR) is 90.8 cm³/mol. The fourth-order valence-corrected chi connectivity index (χ4v) is 2.94. The molecule has 2 aromatic carbocycles. The maximum absolute atomic E-state index is 10.8. The molecule has 0 aliphatic heterocycles. The van der Waals surface area contributed by atoms with Crippen molar-refractivity contribution in [3.8, 4) is 0 Å². The van der Waals surface area contributed by atoms with Crippen molar-refractivity contribution in [3.05, 3.63) is 64.2 Å². The maximum atomic E-state index is 10.8. The Morgan fingerprint density at radius 2 is 1.48 bits per heavy atom. The van der Waals surface area contributed by atoms with E-state index >= 15 is 0 Å². The molecular weight excluding hydrogens is 348 g/mol. The van der Waals surface area contributed by atoms with Crippen molar-refractivity contribution in [1.29, 1.82) is 0 Å². The van der Waals surface area contributed by atoms with Crippen LogP contribution in [-0.4, -0.2) is 35.1 Å². The van der Waals surface area contributed by atoms with E-state index in [0.717, 1.165) is 17.2 Å². The molecule has 2 aromatic rings. The zero-order valence-corrected chi connectivity index (χ0v) is 14.7. The summed E-state index contributed by atoms with van der Waals surface area (Å²) in [4.78, 5) is 20.7. The summed E-state index contributed by atoms with van der Waals surface area (Å²) >= 11 is 0. The molecule has 25 heavy (non-hydrogen) atoms. The number of aromatic carboxylic acids is 2. The Balaban J connectivity index is 0.000000257. The number of benzene rings is 2. The van der Waals surface area contributed by atoms with Crippen LogP contribution >= 0.6 is 0 Å². The number of carboxylic acids is 2. The topological polar surface area (TPSA) is 129 Å². The van der Waals surface area contributed by atoms with E-state index < -0.39 is 32.5 Å². The van der Waals surface area contributed by atoms with Gasteiger partial charge < -0.3 is 10.2 Å². The van der Waals surface area contributed by atoms with Gasteiger partial charge in [-0.1, -0.05) is 29.8 Å². The van der Waals surface area contributed by atoms with Crippen LogP contribution in [0.4, 0.5) is 0 Å². The number of rotatable bonds is 3. The molecule has 0 saturated heterocycles. The molecule has 0 heterocycles. The van der Waals surface area contributed by atoms with Gasteiger partial charge in [0, 0.05) is 0 Å². The second-order valence-corrected chi connectivity index (χ2v) is 6.74. The summed E-state index contributed by atoms with van der Waals surface area (Å²) < 4.78 is 30.4. The van der Waals surface area contributed by atoms with Gasteiger partial charge in [0.1, 0.15) is 4.90 Å². The third-order valence-corrected chi connectivity index (χ3v) is 4.23. The first-order valence-electron chi connectivity index (χ1n) is 7.06. The highest BCUT2D eigenvalue weighted by Gasteiger charge is 2.21. The Kier molecular flexibility index (Phi) is 6.43. The number of hydrogen-bond acceptors (Lipinski definition) is 4. The molecule has 0 atom stereocenters. The van der Waals surface area contributed by atoms with Gasteiger partial charge in [0.15, 0.2) is 0 Å². The van der Waals surface area contributed by atoms with Gasteiger partial charge >= 0.3 is 11.9 Å². The number of aryl methyl sites for hydroxylation is 3. The van der Waals surface area contributed by atoms with Crippen molar-refractivity contribution in [3.63, 3.8) is 0 Å². The summed E-state index contributed by atoms with van der Waals surface area (Å²) in [6.45, 7) is 5.20. The molecule has 0 unspecified atom stereocenters. The highest BCUT2D eigenvalue weighted by Crippen LogP contribution is 2.18. The first kappa shape index (κ1) is 20.3. The summed E-state index contributed by atoms with van der Waals surface area (Å²) in [5.41, 5.74) is 2.18. The fraction of sp³-hybridized carbons (Fsp3) is 0.176. The normalized spacial score (nSPS) is 10.6. The molecule has 0 spiro atoms. The van der Waals surface area contributed by atoms with Crippen LogP contribution in [0.2, 0.25) is 0 Å². The van der Waals surface area contributed by atoms with Crippen LogP contribution in [0.15, 0.2) is 41.3 Å². The van der Waals surface area contributed by atoms with Crippen molar-refractivity contribution in [2.24, 2.45) is 0 Å². The van der Waals surface area contributed by atoms with Gasteiger partial charge in [-0.05, 0) is 44.0 Å². The lowest BCUT2D eigenvalue weighted by molar-refractivity contribution is 0.0682. The molecular formula is C17H18O7S. The molecule has 0 aromatic heterocycles. The number of carbonyl (C=O) groups is 2. The standard InChI is InChI=1S/C9H10O2.C8H8O5S/c1-6-3-4-8(9(10)11)7(2)5-6;1-5-3-2-4-6(14(11,12)13)7(5)8(9)10/h3-5H,1-2H3,(H,10,11);2-4H,1H3,(H,9,10)(H,11,12,13). The zero-order chi connectivity index (χ0) is 19.4. The van der Waals surface area contributed by atoms with E-state index in [0.29, 0.717) is 5.56 Å². The lowest BCUT2D eigenvalue weighted by Crippen LogP contribution is -2.09. The SMILES string of the molecule is Cc1ccc(C(=O)O)c(C)c1.Cc1cccc(S(=O)(=O)O)c1C(=O)O. The van der Waals surface area contributed by atoms with Crippen LogP contribution in [0, 0.1) is 20.8 Å². The third kappa shape index (κ3) is 5.40. The fourth-order valence-electron chi connectivity index (χ4n) is 2.18. The summed E-state index contributed by atoms with van der Waals surface area (Å²) in [5, 5.41) is 17.4. The summed E-state index contributed by atoms with van der Waals surface area (Å²) in [7, 11) is -4.48. The van der Waals surface area contributed by atoms with Crippen LogP contribution in [0.3, 0.4) is 0 Å². The molecule has 7 nitrogen and oxygen atoms in total. The van der Waals surface area contributed by atoms with Crippen LogP contribution in [0.25, 0.3) is 0 Å². The van der Waals surface area contributed by atoms with Crippen LogP contribution in [-0.2, 0) is 10.1 Å². The molecule has 0 aliphatic rings. The van der Waals surface area contributed by atoms with Gasteiger partial charge in [0.25, 0.3) is 10.1 Å². The Morgan fingerprint density at radius 3 is 1.88 bits per heavy atom. The highest BCUT2D eigenvalue weighted by molar-refractivity contribution is 7.86. The maximum Gasteiger partial charge on any atom is 0.337 e. The average molecular weight is 366 g/mol. The third-order valence-electron chi connectivity index (χ3n) is 3.34. The molecule has 3 N–H and O–H groups in total. The van der Waals surface area contributed by atoms with Gasteiger partial charge in [-0.2, -0.15) is 8.42 Å². The van der Waals surface area contributed by atoms with Crippen molar-refractivity contribution < 1.29 is 32.8 Å². The molecule has 8 heteroatoms. The molecule has 2 rings (SSSR count).